The van der Waals surface area contributed by atoms with Gasteiger partial charge >= 0.3 is 0 Å². The van der Waals surface area contributed by atoms with E-state index in [9.17, 15) is 13.2 Å². The summed E-state index contributed by atoms with van der Waals surface area (Å²) < 4.78 is 29.5. The number of halogens is 2. The second-order valence-corrected chi connectivity index (χ2v) is 11.3. The highest BCUT2D eigenvalue weighted by molar-refractivity contribution is 8.16. The van der Waals surface area contributed by atoms with Crippen LogP contribution in [0.15, 0.2) is 47.5 Å². The van der Waals surface area contributed by atoms with Gasteiger partial charge in [0, 0.05) is 10.9 Å². The number of rotatable bonds is 4. The van der Waals surface area contributed by atoms with E-state index in [2.05, 4.69) is 4.99 Å². The molecule has 0 bridgehead atoms. The molecule has 0 unspecified atom stereocenters. The number of sulfone groups is 1. The maximum atomic E-state index is 12.6. The normalized spacial score (nSPS) is 23.6. The minimum absolute atomic E-state index is 0.0105. The summed E-state index contributed by atoms with van der Waals surface area (Å²) in [4.78, 5) is 18.8. The van der Waals surface area contributed by atoms with Crippen molar-refractivity contribution < 1.29 is 17.9 Å². The smallest absolute Gasteiger partial charge is 0.252 e. The van der Waals surface area contributed by atoms with Crippen molar-refractivity contribution in [2.45, 2.75) is 17.7 Å². The average Bonchev–Trinajstić information content (AvgIpc) is 3.15. The summed E-state index contributed by atoms with van der Waals surface area (Å²) in [5.41, 5.74) is 1.48. The van der Waals surface area contributed by atoms with Crippen LogP contribution in [0.5, 0.6) is 5.75 Å². The monoisotopic (exact) mass is 484 g/mol. The highest BCUT2D eigenvalue weighted by Gasteiger charge is 2.49. The lowest BCUT2D eigenvalue weighted by Crippen LogP contribution is -2.37. The Morgan fingerprint density at radius 3 is 2.57 bits per heavy atom. The molecule has 158 valence electrons. The summed E-state index contributed by atoms with van der Waals surface area (Å²) in [7, 11) is -1.56. The van der Waals surface area contributed by atoms with E-state index in [0.717, 1.165) is 5.56 Å². The predicted octanol–water partition coefficient (Wildman–Crippen LogP) is 3.85. The van der Waals surface area contributed by atoms with Gasteiger partial charge in [0.2, 0.25) is 0 Å². The van der Waals surface area contributed by atoms with Crippen LogP contribution in [0.3, 0.4) is 0 Å². The second kappa shape index (κ2) is 8.42. The van der Waals surface area contributed by atoms with Crippen LogP contribution in [0.2, 0.25) is 10.0 Å². The van der Waals surface area contributed by atoms with Crippen LogP contribution in [-0.4, -0.2) is 49.4 Å². The molecule has 0 aromatic heterocycles. The molecule has 2 saturated heterocycles. The van der Waals surface area contributed by atoms with E-state index in [4.69, 9.17) is 27.9 Å². The zero-order valence-corrected chi connectivity index (χ0v) is 19.1. The van der Waals surface area contributed by atoms with Crippen molar-refractivity contribution in [2.24, 2.45) is 4.99 Å². The highest BCUT2D eigenvalue weighted by Crippen LogP contribution is 2.42. The fraction of sp³-hybridized carbons (Fsp3) is 0.300. The first-order chi connectivity index (χ1) is 14.3. The molecule has 2 aromatic rings. The van der Waals surface area contributed by atoms with Crippen molar-refractivity contribution in [3.05, 3.63) is 58.1 Å². The Morgan fingerprint density at radius 2 is 1.90 bits per heavy atom. The van der Waals surface area contributed by atoms with E-state index in [1.165, 1.54) is 11.8 Å². The quantitative estimate of drug-likeness (QED) is 0.655. The van der Waals surface area contributed by atoms with Gasteiger partial charge in [-0.3, -0.25) is 4.79 Å². The number of anilines is 1. The van der Waals surface area contributed by atoms with Crippen LogP contribution < -0.4 is 9.64 Å². The first-order valence-electron chi connectivity index (χ1n) is 9.11. The molecule has 2 heterocycles. The first-order valence-corrected chi connectivity index (χ1v) is 12.6. The van der Waals surface area contributed by atoms with E-state index in [1.807, 2.05) is 12.1 Å². The molecule has 0 spiro atoms. The Balaban J connectivity index is 1.62. The lowest BCUT2D eigenvalue weighted by molar-refractivity contribution is -0.117. The Morgan fingerprint density at radius 1 is 1.17 bits per heavy atom. The molecule has 2 aliphatic rings. The van der Waals surface area contributed by atoms with Crippen molar-refractivity contribution in [1.29, 1.82) is 0 Å². The number of benzene rings is 2. The van der Waals surface area contributed by atoms with Crippen LogP contribution in [-0.2, 0) is 21.1 Å². The zero-order chi connectivity index (χ0) is 21.5. The van der Waals surface area contributed by atoms with Crippen molar-refractivity contribution in [1.82, 2.24) is 0 Å². The Kier molecular flexibility index (Phi) is 6.03. The van der Waals surface area contributed by atoms with Crippen molar-refractivity contribution in [3.8, 4) is 5.75 Å². The molecule has 2 aliphatic heterocycles. The molecule has 0 N–H and O–H groups in total. The summed E-state index contributed by atoms with van der Waals surface area (Å²) in [6.45, 7) is 0. The first kappa shape index (κ1) is 21.5. The van der Waals surface area contributed by atoms with E-state index < -0.39 is 9.84 Å². The van der Waals surface area contributed by atoms with Gasteiger partial charge in [0.15, 0.2) is 15.0 Å². The fourth-order valence-corrected chi connectivity index (χ4v) is 7.79. The van der Waals surface area contributed by atoms with Crippen LogP contribution in [0.4, 0.5) is 5.69 Å². The van der Waals surface area contributed by atoms with E-state index in [-0.39, 0.29) is 35.1 Å². The largest absolute Gasteiger partial charge is 0.497 e. The lowest BCUT2D eigenvalue weighted by atomic mass is 10.1. The molecule has 30 heavy (non-hydrogen) atoms. The number of hydrogen-bond acceptors (Lipinski definition) is 5. The van der Waals surface area contributed by atoms with Gasteiger partial charge in [0.25, 0.3) is 5.91 Å². The number of hydrogen-bond donors (Lipinski definition) is 0. The van der Waals surface area contributed by atoms with E-state index in [0.29, 0.717) is 26.6 Å². The van der Waals surface area contributed by atoms with Crippen LogP contribution in [0, 0.1) is 0 Å². The van der Waals surface area contributed by atoms with Gasteiger partial charge in [-0.25, -0.2) is 8.42 Å². The molecule has 4 rings (SSSR count). The Hall–Kier alpha value is -1.74. The number of ether oxygens (including phenoxy) is 1. The molecule has 2 fully saturated rings. The maximum absolute atomic E-state index is 12.6. The number of amidine groups is 1. The summed E-state index contributed by atoms with van der Waals surface area (Å²) in [5, 5.41) is 1.05. The molecule has 2 atom stereocenters. The third-order valence-electron chi connectivity index (χ3n) is 4.98. The number of nitrogens with zero attached hydrogens (tertiary/aromatic N) is 2. The Bertz CT molecular complexity index is 1120. The maximum Gasteiger partial charge on any atom is 0.252 e. The van der Waals surface area contributed by atoms with Gasteiger partial charge in [-0.05, 0) is 35.9 Å². The molecule has 0 radical (unpaired) electrons. The fourth-order valence-electron chi connectivity index (χ4n) is 3.57. The van der Waals surface area contributed by atoms with Gasteiger partial charge in [0.1, 0.15) is 5.75 Å². The SMILES string of the molecule is COc1ccc(CC(=O)N=C2S[C@H]3CS(=O)(=O)C[C@@H]3N2c2ccc(Cl)c(Cl)c2)cc1. The van der Waals surface area contributed by atoms with Crippen molar-refractivity contribution in [2.75, 3.05) is 23.5 Å². The number of carbonyl (C=O) groups excluding carboxylic acids is 1. The third-order valence-corrected chi connectivity index (χ3v) is 8.93. The predicted molar refractivity (Wildman–Crippen MR) is 122 cm³/mol. The van der Waals surface area contributed by atoms with Crippen LogP contribution >= 0.6 is 35.0 Å². The zero-order valence-electron chi connectivity index (χ0n) is 15.9. The topological polar surface area (TPSA) is 76.0 Å². The summed E-state index contributed by atoms with van der Waals surface area (Å²) in [6, 6.07) is 12.0. The number of fused-ring (bicyclic) bond motifs is 1. The number of methoxy groups -OCH3 is 1. The second-order valence-electron chi connectivity index (χ2n) is 7.08. The molecular formula is C20H18Cl2N2O4S2. The average molecular weight is 485 g/mol. The molecule has 10 heteroatoms. The van der Waals surface area contributed by atoms with Gasteiger partial charge in [-0.2, -0.15) is 4.99 Å². The molecular weight excluding hydrogens is 467 g/mol. The standard InChI is InChI=1S/C20H18Cl2N2O4S2/c1-28-14-5-2-12(3-6-14)8-19(25)23-20-24(13-4-7-15(21)16(22)9-13)17-10-30(26,27)11-18(17)29-20/h2-7,9,17-18H,8,10-11H2,1H3/t17-,18-/m0/s1. The van der Waals surface area contributed by atoms with Crippen molar-refractivity contribution in [3.63, 3.8) is 0 Å². The summed E-state index contributed by atoms with van der Waals surface area (Å²) in [5.74, 6) is 0.474. The van der Waals surface area contributed by atoms with E-state index >= 15 is 0 Å². The van der Waals surface area contributed by atoms with Gasteiger partial charge in [-0.1, -0.05) is 47.1 Å². The minimum atomic E-state index is -3.15. The van der Waals surface area contributed by atoms with Gasteiger partial charge < -0.3 is 9.64 Å². The molecule has 0 saturated carbocycles. The van der Waals surface area contributed by atoms with Crippen LogP contribution in [0.25, 0.3) is 0 Å². The van der Waals surface area contributed by atoms with Gasteiger partial charge in [0.05, 0.1) is 41.1 Å². The van der Waals surface area contributed by atoms with E-state index in [1.54, 1.807) is 42.3 Å². The molecule has 2 aromatic carbocycles. The van der Waals surface area contributed by atoms with Gasteiger partial charge in [-0.15, -0.1) is 0 Å². The lowest BCUT2D eigenvalue weighted by Gasteiger charge is -2.24. The minimum Gasteiger partial charge on any atom is -0.497 e. The third kappa shape index (κ3) is 4.46. The number of aliphatic imine (C=N–C) groups is 1. The molecule has 6 nitrogen and oxygen atoms in total. The number of thioether (sulfide) groups is 1. The summed E-state index contributed by atoms with van der Waals surface area (Å²) >= 11 is 13.5. The number of carbonyl (C=O) groups is 1. The molecule has 0 aliphatic carbocycles. The highest BCUT2D eigenvalue weighted by atomic mass is 35.5. The number of amides is 1. The van der Waals surface area contributed by atoms with Crippen molar-refractivity contribution >= 4 is 61.6 Å². The Labute approximate surface area is 189 Å². The van der Waals surface area contributed by atoms with Crippen LogP contribution in [0.1, 0.15) is 5.56 Å². The molecule has 1 amide bonds. The summed E-state index contributed by atoms with van der Waals surface area (Å²) in [6.07, 6.45) is 0.136.